The third-order valence-electron chi connectivity index (χ3n) is 2.21. The molecule has 7 heteroatoms. The summed E-state index contributed by atoms with van der Waals surface area (Å²) in [6.45, 7) is 1.45. The van der Waals surface area contributed by atoms with Crippen LogP contribution in [0.15, 0.2) is 12.3 Å². The predicted molar refractivity (Wildman–Crippen MR) is 58.5 cm³/mol. The maximum Gasteiger partial charge on any atom is 0.409 e. The lowest BCUT2D eigenvalue weighted by Gasteiger charge is -2.14. The van der Waals surface area contributed by atoms with E-state index in [4.69, 9.17) is 14.9 Å². The lowest BCUT2D eigenvalue weighted by atomic mass is 10.0. The van der Waals surface area contributed by atoms with Gasteiger partial charge in [0.05, 0.1) is 13.0 Å². The second-order valence-corrected chi connectivity index (χ2v) is 3.27. The number of aliphatic carboxylic acids is 1. The van der Waals surface area contributed by atoms with Crippen molar-refractivity contribution in [2.75, 3.05) is 12.4 Å². The third kappa shape index (κ3) is 2.83. The van der Waals surface area contributed by atoms with Gasteiger partial charge in [-0.25, -0.2) is 9.78 Å². The Bertz CT molecular complexity index is 446. The molecule has 7 nitrogen and oxygen atoms in total. The monoisotopic (exact) mass is 240 g/mol. The molecular formula is C10H12N2O5. The lowest BCUT2D eigenvalue weighted by molar-refractivity contribution is -0.138. The highest BCUT2D eigenvalue weighted by atomic mass is 16.5. The normalized spacial score (nSPS) is 11.6. The summed E-state index contributed by atoms with van der Waals surface area (Å²) >= 11 is 0. The SMILES string of the molecule is COc1nccc(C(C)C(=O)O)c1NC(=O)O. The van der Waals surface area contributed by atoms with E-state index in [-0.39, 0.29) is 11.6 Å². The topological polar surface area (TPSA) is 109 Å². The van der Waals surface area contributed by atoms with E-state index in [0.717, 1.165) is 0 Å². The van der Waals surface area contributed by atoms with Crippen LogP contribution in [0.2, 0.25) is 0 Å². The number of rotatable bonds is 4. The fraction of sp³-hybridized carbons (Fsp3) is 0.300. The number of methoxy groups -OCH3 is 1. The van der Waals surface area contributed by atoms with Gasteiger partial charge in [-0.2, -0.15) is 0 Å². The molecule has 0 aromatic carbocycles. The molecule has 1 aromatic heterocycles. The van der Waals surface area contributed by atoms with Crippen molar-refractivity contribution < 1.29 is 24.5 Å². The van der Waals surface area contributed by atoms with E-state index < -0.39 is 18.0 Å². The molecule has 1 unspecified atom stereocenters. The van der Waals surface area contributed by atoms with E-state index in [1.54, 1.807) is 0 Å². The number of amides is 1. The molecule has 1 rings (SSSR count). The fourth-order valence-corrected chi connectivity index (χ4v) is 1.34. The number of carbonyl (C=O) groups is 2. The number of pyridine rings is 1. The van der Waals surface area contributed by atoms with Crippen LogP contribution in [0.25, 0.3) is 0 Å². The van der Waals surface area contributed by atoms with E-state index in [1.165, 1.54) is 26.3 Å². The smallest absolute Gasteiger partial charge is 0.409 e. The Morgan fingerprint density at radius 2 is 2.12 bits per heavy atom. The van der Waals surface area contributed by atoms with Gasteiger partial charge >= 0.3 is 12.1 Å². The number of carboxylic acid groups (broad SMARTS) is 2. The molecule has 0 saturated carbocycles. The quantitative estimate of drug-likeness (QED) is 0.733. The number of nitrogens with one attached hydrogen (secondary N) is 1. The summed E-state index contributed by atoms with van der Waals surface area (Å²) in [6.07, 6.45) is 0.0517. The molecule has 1 heterocycles. The highest BCUT2D eigenvalue weighted by Gasteiger charge is 2.22. The zero-order valence-electron chi connectivity index (χ0n) is 9.30. The van der Waals surface area contributed by atoms with Crippen molar-refractivity contribution in [2.45, 2.75) is 12.8 Å². The van der Waals surface area contributed by atoms with Gasteiger partial charge in [0.15, 0.2) is 0 Å². The number of hydrogen-bond donors (Lipinski definition) is 3. The van der Waals surface area contributed by atoms with Crippen molar-refractivity contribution >= 4 is 17.7 Å². The summed E-state index contributed by atoms with van der Waals surface area (Å²) in [7, 11) is 1.32. The van der Waals surface area contributed by atoms with Gasteiger partial charge < -0.3 is 14.9 Å². The Balaban J connectivity index is 3.28. The molecular weight excluding hydrogens is 228 g/mol. The molecule has 1 atom stereocenters. The average Bonchev–Trinajstić information content (AvgIpc) is 2.27. The summed E-state index contributed by atoms with van der Waals surface area (Å²) in [4.78, 5) is 25.4. The fourth-order valence-electron chi connectivity index (χ4n) is 1.34. The second-order valence-electron chi connectivity index (χ2n) is 3.27. The van der Waals surface area contributed by atoms with Crippen molar-refractivity contribution in [1.29, 1.82) is 0 Å². The number of aromatic nitrogens is 1. The van der Waals surface area contributed by atoms with Gasteiger partial charge in [-0.15, -0.1) is 0 Å². The van der Waals surface area contributed by atoms with Crippen molar-refractivity contribution in [1.82, 2.24) is 4.98 Å². The Morgan fingerprint density at radius 3 is 2.59 bits per heavy atom. The van der Waals surface area contributed by atoms with Crippen LogP contribution >= 0.6 is 0 Å². The zero-order chi connectivity index (χ0) is 13.0. The second kappa shape index (κ2) is 5.15. The first-order chi connectivity index (χ1) is 7.97. The zero-order valence-corrected chi connectivity index (χ0v) is 9.30. The van der Waals surface area contributed by atoms with E-state index >= 15 is 0 Å². The first kappa shape index (κ1) is 12.8. The highest BCUT2D eigenvalue weighted by molar-refractivity contribution is 5.88. The summed E-state index contributed by atoms with van der Waals surface area (Å²) in [5.74, 6) is -1.89. The number of nitrogens with zero attached hydrogens (tertiary/aromatic N) is 1. The molecule has 0 saturated heterocycles. The van der Waals surface area contributed by atoms with Crippen LogP contribution in [0, 0.1) is 0 Å². The van der Waals surface area contributed by atoms with Crippen LogP contribution in [0.5, 0.6) is 5.88 Å². The summed E-state index contributed by atoms with van der Waals surface area (Å²) in [5, 5.41) is 19.7. The van der Waals surface area contributed by atoms with Gasteiger partial charge in [0, 0.05) is 6.20 Å². The van der Waals surface area contributed by atoms with Gasteiger partial charge in [0.25, 0.3) is 0 Å². The standard InChI is InChI=1S/C10H12N2O5/c1-5(9(13)14)6-3-4-11-8(17-2)7(6)12-10(15)16/h3-5,12H,1-2H3,(H,13,14)(H,15,16). The molecule has 92 valence electrons. The lowest BCUT2D eigenvalue weighted by Crippen LogP contribution is -2.15. The molecule has 0 fully saturated rings. The first-order valence-electron chi connectivity index (χ1n) is 4.73. The molecule has 0 spiro atoms. The molecule has 0 radical (unpaired) electrons. The van der Waals surface area contributed by atoms with Crippen LogP contribution in [-0.2, 0) is 4.79 Å². The molecule has 17 heavy (non-hydrogen) atoms. The van der Waals surface area contributed by atoms with Crippen LogP contribution < -0.4 is 10.1 Å². The minimum atomic E-state index is -1.31. The van der Waals surface area contributed by atoms with Gasteiger partial charge in [-0.05, 0) is 18.6 Å². The first-order valence-corrected chi connectivity index (χ1v) is 4.73. The summed E-state index contributed by atoms with van der Waals surface area (Å²) in [6, 6.07) is 1.44. The summed E-state index contributed by atoms with van der Waals surface area (Å²) < 4.78 is 4.89. The maximum atomic E-state index is 10.9. The molecule has 1 amide bonds. The number of ether oxygens (including phenoxy) is 1. The van der Waals surface area contributed by atoms with E-state index in [9.17, 15) is 9.59 Å². The highest BCUT2D eigenvalue weighted by Crippen LogP contribution is 2.31. The molecule has 1 aromatic rings. The van der Waals surface area contributed by atoms with E-state index in [2.05, 4.69) is 10.3 Å². The number of carboxylic acids is 1. The minimum Gasteiger partial charge on any atom is -0.481 e. The Kier molecular flexibility index (Phi) is 3.86. The van der Waals surface area contributed by atoms with Crippen LogP contribution in [0.1, 0.15) is 18.4 Å². The van der Waals surface area contributed by atoms with Crippen LogP contribution in [-0.4, -0.2) is 34.4 Å². The van der Waals surface area contributed by atoms with Crippen LogP contribution in [0.4, 0.5) is 10.5 Å². The molecule has 0 aliphatic carbocycles. The molecule has 0 aliphatic rings. The minimum absolute atomic E-state index is 0.0398. The van der Waals surface area contributed by atoms with Gasteiger partial charge in [0.1, 0.15) is 5.69 Å². The Hall–Kier alpha value is -2.31. The Morgan fingerprint density at radius 1 is 1.47 bits per heavy atom. The third-order valence-corrected chi connectivity index (χ3v) is 2.21. The predicted octanol–water partition coefficient (Wildman–Crippen LogP) is 1.37. The van der Waals surface area contributed by atoms with Gasteiger partial charge in [-0.1, -0.05) is 0 Å². The average molecular weight is 240 g/mol. The van der Waals surface area contributed by atoms with Crippen LogP contribution in [0.3, 0.4) is 0 Å². The number of anilines is 1. The maximum absolute atomic E-state index is 10.9. The molecule has 3 N–H and O–H groups in total. The van der Waals surface area contributed by atoms with E-state index in [1.807, 2.05) is 0 Å². The number of hydrogen-bond acceptors (Lipinski definition) is 4. The van der Waals surface area contributed by atoms with Crippen molar-refractivity contribution in [2.24, 2.45) is 0 Å². The molecule has 0 bridgehead atoms. The summed E-state index contributed by atoms with van der Waals surface area (Å²) in [5.41, 5.74) is 0.351. The van der Waals surface area contributed by atoms with E-state index in [0.29, 0.717) is 5.56 Å². The largest absolute Gasteiger partial charge is 0.481 e. The molecule has 0 aliphatic heterocycles. The Labute approximate surface area is 97.1 Å². The van der Waals surface area contributed by atoms with Crippen molar-refractivity contribution in [3.63, 3.8) is 0 Å². The van der Waals surface area contributed by atoms with Gasteiger partial charge in [0.2, 0.25) is 5.88 Å². The van der Waals surface area contributed by atoms with Gasteiger partial charge in [-0.3, -0.25) is 10.1 Å². The van der Waals surface area contributed by atoms with Crippen molar-refractivity contribution in [3.05, 3.63) is 17.8 Å². The van der Waals surface area contributed by atoms with Crippen molar-refractivity contribution in [3.8, 4) is 5.88 Å².